The fraction of sp³-hybridized carbons (Fsp3) is 0.591. The van der Waals surface area contributed by atoms with Crippen LogP contribution in [0.1, 0.15) is 55.2 Å². The highest BCUT2D eigenvalue weighted by molar-refractivity contribution is 5.99. The lowest BCUT2D eigenvalue weighted by Gasteiger charge is -2.39. The molecule has 1 aromatic carbocycles. The fourth-order valence-corrected chi connectivity index (χ4v) is 4.60. The number of amides is 1. The SMILES string of the molecule is CC1CN(C(C)CNC(=O)c2ccc3[nH]c4c(c3c2)CCCC4)CC(C)O1. The van der Waals surface area contributed by atoms with Crippen molar-refractivity contribution in [3.63, 3.8) is 0 Å². The fourth-order valence-electron chi connectivity index (χ4n) is 4.60. The molecule has 0 spiro atoms. The molecule has 1 aliphatic carbocycles. The maximum Gasteiger partial charge on any atom is 0.251 e. The summed E-state index contributed by atoms with van der Waals surface area (Å²) in [5, 5.41) is 4.35. The highest BCUT2D eigenvalue weighted by atomic mass is 16.5. The molecule has 4 rings (SSSR count). The minimum atomic E-state index is 0.0175. The highest BCUT2D eigenvalue weighted by Gasteiger charge is 2.26. The van der Waals surface area contributed by atoms with Crippen molar-refractivity contribution in [3.8, 4) is 0 Å². The summed E-state index contributed by atoms with van der Waals surface area (Å²) in [5.74, 6) is 0.0175. The van der Waals surface area contributed by atoms with Gasteiger partial charge in [-0.15, -0.1) is 0 Å². The lowest BCUT2D eigenvalue weighted by atomic mass is 9.95. The molecular weight excluding hydrogens is 338 g/mol. The largest absolute Gasteiger partial charge is 0.373 e. The zero-order valence-electron chi connectivity index (χ0n) is 16.7. The summed E-state index contributed by atoms with van der Waals surface area (Å²) in [7, 11) is 0. The van der Waals surface area contributed by atoms with Crippen LogP contribution in [0, 0.1) is 0 Å². The molecule has 1 amide bonds. The summed E-state index contributed by atoms with van der Waals surface area (Å²) in [4.78, 5) is 18.7. The third kappa shape index (κ3) is 3.90. The Balaban J connectivity index is 1.42. The Bertz CT molecular complexity index is 818. The zero-order chi connectivity index (χ0) is 19.0. The first kappa shape index (κ1) is 18.5. The molecule has 0 radical (unpaired) electrons. The van der Waals surface area contributed by atoms with E-state index in [9.17, 15) is 4.79 Å². The molecule has 1 aliphatic heterocycles. The number of hydrogen-bond donors (Lipinski definition) is 2. The number of rotatable bonds is 4. The van der Waals surface area contributed by atoms with Gasteiger partial charge in [0.15, 0.2) is 0 Å². The summed E-state index contributed by atoms with van der Waals surface area (Å²) >= 11 is 0. The van der Waals surface area contributed by atoms with Crippen LogP contribution in [-0.2, 0) is 17.6 Å². The number of aryl methyl sites for hydroxylation is 2. The molecule has 2 heterocycles. The molecule has 2 aliphatic rings. The minimum absolute atomic E-state index is 0.0175. The number of morpholine rings is 1. The molecule has 5 heteroatoms. The number of fused-ring (bicyclic) bond motifs is 3. The first-order chi connectivity index (χ1) is 13.0. The molecular formula is C22H31N3O2. The number of ether oxygens (including phenoxy) is 1. The van der Waals surface area contributed by atoms with Gasteiger partial charge in [-0.2, -0.15) is 0 Å². The van der Waals surface area contributed by atoms with Crippen molar-refractivity contribution < 1.29 is 9.53 Å². The van der Waals surface area contributed by atoms with Crippen LogP contribution in [0.5, 0.6) is 0 Å². The number of carbonyl (C=O) groups excluding carboxylic acids is 1. The van der Waals surface area contributed by atoms with Crippen LogP contribution in [0.3, 0.4) is 0 Å². The molecule has 2 N–H and O–H groups in total. The molecule has 5 nitrogen and oxygen atoms in total. The van der Waals surface area contributed by atoms with Crippen LogP contribution >= 0.6 is 0 Å². The van der Waals surface area contributed by atoms with Gasteiger partial charge in [-0.05, 0) is 70.2 Å². The van der Waals surface area contributed by atoms with Gasteiger partial charge in [0.2, 0.25) is 0 Å². The predicted molar refractivity (Wildman–Crippen MR) is 108 cm³/mol. The normalized spacial score (nSPS) is 24.6. The summed E-state index contributed by atoms with van der Waals surface area (Å²) in [6.07, 6.45) is 5.22. The number of carbonyl (C=O) groups is 1. The van der Waals surface area contributed by atoms with Gasteiger partial charge in [0.05, 0.1) is 12.2 Å². The first-order valence-corrected chi connectivity index (χ1v) is 10.3. The Morgan fingerprint density at radius 2 is 2.00 bits per heavy atom. The van der Waals surface area contributed by atoms with Crippen molar-refractivity contribution in [2.75, 3.05) is 19.6 Å². The number of benzene rings is 1. The molecule has 146 valence electrons. The van der Waals surface area contributed by atoms with E-state index in [1.165, 1.54) is 29.5 Å². The monoisotopic (exact) mass is 369 g/mol. The minimum Gasteiger partial charge on any atom is -0.373 e. The molecule has 0 saturated carbocycles. The average Bonchev–Trinajstić information content (AvgIpc) is 3.03. The van der Waals surface area contributed by atoms with Crippen LogP contribution in [0.15, 0.2) is 18.2 Å². The second-order valence-corrected chi connectivity index (χ2v) is 8.32. The molecule has 3 atom stereocenters. The molecule has 1 aromatic heterocycles. The average molecular weight is 370 g/mol. The van der Waals surface area contributed by atoms with E-state index in [4.69, 9.17) is 4.74 Å². The van der Waals surface area contributed by atoms with Gasteiger partial charge in [0.25, 0.3) is 5.91 Å². The van der Waals surface area contributed by atoms with E-state index < -0.39 is 0 Å². The van der Waals surface area contributed by atoms with E-state index in [0.717, 1.165) is 37.0 Å². The van der Waals surface area contributed by atoms with Gasteiger partial charge in [0, 0.05) is 47.8 Å². The maximum atomic E-state index is 12.7. The van der Waals surface area contributed by atoms with Crippen LogP contribution in [0.4, 0.5) is 0 Å². The molecule has 0 bridgehead atoms. The van der Waals surface area contributed by atoms with E-state index in [2.05, 4.69) is 48.1 Å². The smallest absolute Gasteiger partial charge is 0.251 e. The van der Waals surface area contributed by atoms with Gasteiger partial charge in [0.1, 0.15) is 0 Å². The van der Waals surface area contributed by atoms with Crippen molar-refractivity contribution in [2.45, 2.75) is 64.7 Å². The van der Waals surface area contributed by atoms with Gasteiger partial charge >= 0.3 is 0 Å². The molecule has 1 fully saturated rings. The number of aromatic amines is 1. The Labute approximate surface area is 161 Å². The van der Waals surface area contributed by atoms with Crippen molar-refractivity contribution in [1.29, 1.82) is 0 Å². The number of hydrogen-bond acceptors (Lipinski definition) is 3. The standard InChI is InChI=1S/C22H31N3O2/c1-14(25-12-15(2)27-16(3)13-25)11-23-22(26)17-8-9-21-19(10-17)18-6-4-5-7-20(18)24-21/h8-10,14-16,24H,4-7,11-13H2,1-3H3,(H,23,26). The molecule has 3 unspecified atom stereocenters. The molecule has 27 heavy (non-hydrogen) atoms. The third-order valence-corrected chi connectivity index (χ3v) is 5.99. The second-order valence-electron chi connectivity index (χ2n) is 8.32. The number of H-pyrrole nitrogens is 1. The molecule has 1 saturated heterocycles. The maximum absolute atomic E-state index is 12.7. The quantitative estimate of drug-likeness (QED) is 0.870. The van der Waals surface area contributed by atoms with Crippen LogP contribution in [-0.4, -0.2) is 53.7 Å². The summed E-state index contributed by atoms with van der Waals surface area (Å²) < 4.78 is 5.81. The van der Waals surface area contributed by atoms with Gasteiger partial charge in [-0.3, -0.25) is 9.69 Å². The number of aromatic nitrogens is 1. The number of nitrogens with zero attached hydrogens (tertiary/aromatic N) is 1. The predicted octanol–water partition coefficient (Wildman–Crippen LogP) is 3.27. The van der Waals surface area contributed by atoms with Crippen molar-refractivity contribution >= 4 is 16.8 Å². The highest BCUT2D eigenvalue weighted by Crippen LogP contribution is 2.29. The van der Waals surface area contributed by atoms with Crippen molar-refractivity contribution in [3.05, 3.63) is 35.0 Å². The van der Waals surface area contributed by atoms with Gasteiger partial charge in [-0.25, -0.2) is 0 Å². The van der Waals surface area contributed by atoms with E-state index in [-0.39, 0.29) is 18.1 Å². The Hall–Kier alpha value is -1.85. The zero-order valence-corrected chi connectivity index (χ0v) is 16.7. The van der Waals surface area contributed by atoms with Gasteiger partial charge < -0.3 is 15.0 Å². The summed E-state index contributed by atoms with van der Waals surface area (Å²) in [5.41, 5.74) is 4.68. The lowest BCUT2D eigenvalue weighted by molar-refractivity contribution is -0.0778. The van der Waals surface area contributed by atoms with E-state index in [1.54, 1.807) is 0 Å². The van der Waals surface area contributed by atoms with Gasteiger partial charge in [-0.1, -0.05) is 0 Å². The van der Waals surface area contributed by atoms with E-state index in [1.807, 2.05) is 6.07 Å². The topological polar surface area (TPSA) is 57.4 Å². The van der Waals surface area contributed by atoms with Crippen LogP contribution in [0.25, 0.3) is 10.9 Å². The van der Waals surface area contributed by atoms with Crippen LogP contribution < -0.4 is 5.32 Å². The van der Waals surface area contributed by atoms with Crippen LogP contribution in [0.2, 0.25) is 0 Å². The first-order valence-electron chi connectivity index (χ1n) is 10.3. The Morgan fingerprint density at radius 1 is 1.26 bits per heavy atom. The Morgan fingerprint density at radius 3 is 2.78 bits per heavy atom. The second kappa shape index (κ2) is 7.64. The van der Waals surface area contributed by atoms with E-state index in [0.29, 0.717) is 12.6 Å². The third-order valence-electron chi connectivity index (χ3n) is 5.99. The summed E-state index contributed by atoms with van der Waals surface area (Å²) in [6, 6.07) is 6.35. The summed E-state index contributed by atoms with van der Waals surface area (Å²) in [6.45, 7) is 8.89. The van der Waals surface area contributed by atoms with E-state index >= 15 is 0 Å². The number of nitrogens with one attached hydrogen (secondary N) is 2. The molecule has 2 aromatic rings. The van der Waals surface area contributed by atoms with Crippen molar-refractivity contribution in [2.24, 2.45) is 0 Å². The lowest BCUT2D eigenvalue weighted by Crippen LogP contribution is -2.52. The van der Waals surface area contributed by atoms with Crippen molar-refractivity contribution in [1.82, 2.24) is 15.2 Å². The Kier molecular flexibility index (Phi) is 5.24.